The van der Waals surface area contributed by atoms with Crippen LogP contribution in [0.3, 0.4) is 0 Å². The van der Waals surface area contributed by atoms with Crippen LogP contribution in [0.25, 0.3) is 0 Å². The molecule has 1 aromatic carbocycles. The quantitative estimate of drug-likeness (QED) is 0.665. The van der Waals surface area contributed by atoms with E-state index >= 15 is 0 Å². The first-order valence-electron chi connectivity index (χ1n) is 6.80. The first-order chi connectivity index (χ1) is 9.38. The number of rotatable bonds is 4. The Morgan fingerprint density at radius 2 is 2.32 bits per heavy atom. The third-order valence-corrected chi connectivity index (χ3v) is 4.82. The van der Waals surface area contributed by atoms with Gasteiger partial charge in [-0.1, -0.05) is 24.3 Å². The number of nitrogens with two attached hydrogens (primary N) is 1. The fourth-order valence-electron chi connectivity index (χ4n) is 3.09. The topological polar surface area (TPSA) is 50.9 Å². The monoisotopic (exact) mass is 273 g/mol. The zero-order valence-corrected chi connectivity index (χ0v) is 11.7. The number of nitrogens with one attached hydrogen (secondary N) is 1. The smallest absolute Gasteiger partial charge is 0.0794 e. The minimum Gasteiger partial charge on any atom is -0.271 e. The summed E-state index contributed by atoms with van der Waals surface area (Å²) in [6.07, 6.45) is 6.57. The first kappa shape index (κ1) is 12.8. The molecule has 0 bridgehead atoms. The molecule has 3 nitrogen and oxygen atoms in total. The van der Waals surface area contributed by atoms with E-state index in [0.717, 1.165) is 6.42 Å². The summed E-state index contributed by atoms with van der Waals surface area (Å²) in [7, 11) is 0. The molecule has 1 heterocycles. The van der Waals surface area contributed by atoms with Crippen molar-refractivity contribution in [2.45, 2.75) is 37.6 Å². The molecule has 0 radical (unpaired) electrons. The molecule has 2 atom stereocenters. The van der Waals surface area contributed by atoms with Crippen LogP contribution in [0.15, 0.2) is 36.0 Å². The van der Waals surface area contributed by atoms with Crippen molar-refractivity contribution < 1.29 is 0 Å². The van der Waals surface area contributed by atoms with Crippen LogP contribution in [-0.2, 0) is 12.8 Å². The summed E-state index contributed by atoms with van der Waals surface area (Å²) >= 11 is 1.71. The number of thiazole rings is 1. The summed E-state index contributed by atoms with van der Waals surface area (Å²) in [5.41, 5.74) is 7.88. The maximum Gasteiger partial charge on any atom is 0.0794 e. The van der Waals surface area contributed by atoms with Crippen molar-refractivity contribution in [3.05, 3.63) is 52.0 Å². The maximum atomic E-state index is 5.81. The van der Waals surface area contributed by atoms with Gasteiger partial charge >= 0.3 is 0 Å². The van der Waals surface area contributed by atoms with Gasteiger partial charge in [0.2, 0.25) is 0 Å². The largest absolute Gasteiger partial charge is 0.271 e. The van der Waals surface area contributed by atoms with E-state index in [1.807, 2.05) is 11.7 Å². The second-order valence-corrected chi connectivity index (χ2v) is 6.11. The molecule has 0 amide bonds. The number of hydrazine groups is 1. The average molecular weight is 273 g/mol. The number of hydrogen-bond acceptors (Lipinski definition) is 4. The van der Waals surface area contributed by atoms with E-state index in [1.165, 1.54) is 35.3 Å². The molecule has 1 aromatic heterocycles. The fraction of sp³-hybridized carbons (Fsp3) is 0.400. The Kier molecular flexibility index (Phi) is 3.92. The number of fused-ring (bicyclic) bond motifs is 1. The summed E-state index contributed by atoms with van der Waals surface area (Å²) in [4.78, 5) is 5.45. The minimum absolute atomic E-state index is 0.293. The molecule has 3 N–H and O–H groups in total. The highest BCUT2D eigenvalue weighted by atomic mass is 32.1. The lowest BCUT2D eigenvalue weighted by Gasteiger charge is -2.31. The predicted molar refractivity (Wildman–Crippen MR) is 79.1 cm³/mol. The van der Waals surface area contributed by atoms with Gasteiger partial charge in [-0.25, -0.2) is 0 Å². The normalized spacial score (nSPS) is 19.9. The fourth-order valence-corrected chi connectivity index (χ4v) is 3.74. The number of aromatic nitrogens is 1. The van der Waals surface area contributed by atoms with Crippen molar-refractivity contribution in [3.8, 4) is 0 Å². The van der Waals surface area contributed by atoms with Gasteiger partial charge in [0.1, 0.15) is 0 Å². The van der Waals surface area contributed by atoms with Crippen LogP contribution < -0.4 is 11.3 Å². The molecule has 100 valence electrons. The van der Waals surface area contributed by atoms with Gasteiger partial charge in [-0.05, 0) is 30.4 Å². The Morgan fingerprint density at radius 1 is 1.42 bits per heavy atom. The van der Waals surface area contributed by atoms with Crippen LogP contribution in [0, 0.1) is 0 Å². The lowest BCUT2D eigenvalue weighted by molar-refractivity contribution is 0.396. The van der Waals surface area contributed by atoms with Crippen LogP contribution in [0.2, 0.25) is 0 Å². The van der Waals surface area contributed by atoms with E-state index in [1.54, 1.807) is 11.3 Å². The minimum atomic E-state index is 0.293. The molecule has 0 spiro atoms. The van der Waals surface area contributed by atoms with Gasteiger partial charge < -0.3 is 0 Å². The van der Waals surface area contributed by atoms with Crippen molar-refractivity contribution in [1.29, 1.82) is 0 Å². The molecule has 1 aliphatic rings. The molecule has 0 aliphatic heterocycles. The standard InChI is InChI=1S/C15H19N3S/c16-18-15(8-12-9-17-10-19-12)14-7-3-5-11-4-1-2-6-13(11)14/h1-2,4,6,9-10,14-15,18H,3,5,7-8,16H2. The molecule has 0 saturated heterocycles. The molecular weight excluding hydrogens is 254 g/mol. The molecule has 1 aliphatic carbocycles. The highest BCUT2D eigenvalue weighted by molar-refractivity contribution is 7.09. The Hall–Kier alpha value is -1.23. The van der Waals surface area contributed by atoms with Crippen LogP contribution in [0.4, 0.5) is 0 Å². The Labute approximate surface area is 117 Å². The van der Waals surface area contributed by atoms with Crippen molar-refractivity contribution in [1.82, 2.24) is 10.4 Å². The van der Waals surface area contributed by atoms with Crippen LogP contribution >= 0.6 is 11.3 Å². The van der Waals surface area contributed by atoms with Crippen molar-refractivity contribution >= 4 is 11.3 Å². The molecule has 19 heavy (non-hydrogen) atoms. The Balaban J connectivity index is 1.84. The molecule has 2 aromatic rings. The van der Waals surface area contributed by atoms with Crippen molar-refractivity contribution in [2.75, 3.05) is 0 Å². The van der Waals surface area contributed by atoms with Gasteiger partial charge in [-0.15, -0.1) is 11.3 Å². The zero-order valence-electron chi connectivity index (χ0n) is 10.9. The number of aryl methyl sites for hydroxylation is 1. The molecular formula is C15H19N3S. The van der Waals surface area contributed by atoms with E-state index < -0.39 is 0 Å². The van der Waals surface area contributed by atoms with Crippen LogP contribution in [0.5, 0.6) is 0 Å². The second kappa shape index (κ2) is 5.82. The van der Waals surface area contributed by atoms with Gasteiger partial charge in [-0.2, -0.15) is 0 Å². The summed E-state index contributed by atoms with van der Waals surface area (Å²) in [6, 6.07) is 9.08. The van der Waals surface area contributed by atoms with E-state index in [2.05, 4.69) is 34.7 Å². The number of hydrogen-bond donors (Lipinski definition) is 2. The van der Waals surface area contributed by atoms with Gasteiger partial charge in [0.25, 0.3) is 0 Å². The predicted octanol–water partition coefficient (Wildman–Crippen LogP) is 2.64. The second-order valence-electron chi connectivity index (χ2n) is 5.14. The average Bonchev–Trinajstić information content (AvgIpc) is 2.97. The summed E-state index contributed by atoms with van der Waals surface area (Å²) in [5, 5.41) is 0. The van der Waals surface area contributed by atoms with Gasteiger partial charge in [0.15, 0.2) is 0 Å². The molecule has 4 heteroatoms. The van der Waals surface area contributed by atoms with Gasteiger partial charge in [-0.3, -0.25) is 16.3 Å². The van der Waals surface area contributed by atoms with Gasteiger partial charge in [0, 0.05) is 29.5 Å². The number of benzene rings is 1. The molecule has 0 fully saturated rings. The van der Waals surface area contributed by atoms with Crippen molar-refractivity contribution in [2.24, 2.45) is 5.84 Å². The highest BCUT2D eigenvalue weighted by Gasteiger charge is 2.27. The third-order valence-electron chi connectivity index (χ3n) is 4.02. The lowest BCUT2D eigenvalue weighted by atomic mass is 9.78. The highest BCUT2D eigenvalue weighted by Crippen LogP contribution is 2.34. The zero-order chi connectivity index (χ0) is 13.1. The van der Waals surface area contributed by atoms with Crippen LogP contribution in [-0.4, -0.2) is 11.0 Å². The molecule has 2 unspecified atom stereocenters. The Morgan fingerprint density at radius 3 is 3.11 bits per heavy atom. The SMILES string of the molecule is NNC(Cc1cncs1)C1CCCc2ccccc21. The summed E-state index contributed by atoms with van der Waals surface area (Å²) in [6.45, 7) is 0. The first-order valence-corrected chi connectivity index (χ1v) is 7.67. The lowest BCUT2D eigenvalue weighted by Crippen LogP contribution is -2.42. The van der Waals surface area contributed by atoms with E-state index in [9.17, 15) is 0 Å². The summed E-state index contributed by atoms with van der Waals surface area (Å²) in [5.74, 6) is 6.32. The van der Waals surface area contributed by atoms with Crippen LogP contribution in [0.1, 0.15) is 34.8 Å². The molecule has 0 saturated carbocycles. The summed E-state index contributed by atoms with van der Waals surface area (Å²) < 4.78 is 0. The van der Waals surface area contributed by atoms with E-state index in [-0.39, 0.29) is 0 Å². The van der Waals surface area contributed by atoms with E-state index in [4.69, 9.17) is 5.84 Å². The third kappa shape index (κ3) is 2.71. The van der Waals surface area contributed by atoms with Gasteiger partial charge in [0.05, 0.1) is 5.51 Å². The Bertz CT molecular complexity index is 524. The molecule has 3 rings (SSSR count). The van der Waals surface area contributed by atoms with E-state index in [0.29, 0.717) is 12.0 Å². The maximum absolute atomic E-state index is 5.81. The number of nitrogens with zero attached hydrogens (tertiary/aromatic N) is 1. The van der Waals surface area contributed by atoms with Crippen molar-refractivity contribution in [3.63, 3.8) is 0 Å².